The van der Waals surface area contributed by atoms with Crippen LogP contribution in [0.4, 0.5) is 5.82 Å². The third-order valence-corrected chi connectivity index (χ3v) is 5.51. The van der Waals surface area contributed by atoms with Crippen LogP contribution in [0.3, 0.4) is 0 Å². The Bertz CT molecular complexity index is 1220. The molecule has 2 aromatic heterocycles. The number of benzene rings is 2. The highest BCUT2D eigenvalue weighted by Gasteiger charge is 2.16. The number of anilines is 1. The van der Waals surface area contributed by atoms with Crippen molar-refractivity contribution in [2.75, 3.05) is 12.4 Å². The second kappa shape index (κ2) is 9.93. The molecule has 0 unspecified atom stereocenters. The summed E-state index contributed by atoms with van der Waals surface area (Å²) in [6, 6.07) is 18.0. The molecule has 0 radical (unpaired) electrons. The van der Waals surface area contributed by atoms with Crippen molar-refractivity contribution in [3.05, 3.63) is 93.4 Å². The van der Waals surface area contributed by atoms with Crippen molar-refractivity contribution in [2.24, 2.45) is 0 Å². The largest absolute Gasteiger partial charge is 0.497 e. The SMILES string of the molecule is COc1ccc(OCc2ccc(C(=O)Nc3nn(Cc4ccccc4Cl)cc3Br)o2)cc1. The van der Waals surface area contributed by atoms with Gasteiger partial charge in [-0.05, 0) is 64.0 Å². The fraction of sp³-hybridized carbons (Fsp3) is 0.130. The molecule has 0 aliphatic rings. The van der Waals surface area contributed by atoms with Gasteiger partial charge in [0.25, 0.3) is 5.91 Å². The molecule has 164 valence electrons. The van der Waals surface area contributed by atoms with Gasteiger partial charge in [-0.15, -0.1) is 0 Å². The minimum absolute atomic E-state index is 0.158. The standard InChI is InChI=1S/C23H19BrClN3O4/c1-30-16-6-8-17(9-7-16)31-14-18-10-11-21(32-18)23(29)26-22-19(24)13-28(27-22)12-15-4-2-3-5-20(15)25/h2-11,13H,12,14H2,1H3,(H,26,27,29). The normalized spacial score (nSPS) is 10.7. The highest BCUT2D eigenvalue weighted by molar-refractivity contribution is 9.10. The summed E-state index contributed by atoms with van der Waals surface area (Å²) in [5.41, 5.74) is 0.926. The zero-order valence-corrected chi connectivity index (χ0v) is 19.4. The van der Waals surface area contributed by atoms with Gasteiger partial charge >= 0.3 is 0 Å². The number of halogens is 2. The van der Waals surface area contributed by atoms with Crippen LogP contribution >= 0.6 is 27.5 Å². The third kappa shape index (κ3) is 5.33. The van der Waals surface area contributed by atoms with E-state index in [0.29, 0.717) is 33.4 Å². The van der Waals surface area contributed by atoms with Crippen LogP contribution in [0.5, 0.6) is 11.5 Å². The number of furan rings is 1. The molecular weight excluding hydrogens is 498 g/mol. The Morgan fingerprint density at radius 1 is 1.12 bits per heavy atom. The fourth-order valence-electron chi connectivity index (χ4n) is 2.94. The van der Waals surface area contributed by atoms with E-state index in [1.54, 1.807) is 54.4 Å². The van der Waals surface area contributed by atoms with E-state index in [4.69, 9.17) is 25.5 Å². The van der Waals surface area contributed by atoms with Gasteiger partial charge in [-0.3, -0.25) is 9.48 Å². The van der Waals surface area contributed by atoms with Crippen LogP contribution in [0.1, 0.15) is 21.9 Å². The van der Waals surface area contributed by atoms with Crippen molar-refractivity contribution in [1.29, 1.82) is 0 Å². The molecule has 0 atom stereocenters. The molecule has 0 bridgehead atoms. The molecular formula is C23H19BrClN3O4. The molecule has 0 saturated heterocycles. The van der Waals surface area contributed by atoms with E-state index in [0.717, 1.165) is 11.3 Å². The maximum Gasteiger partial charge on any atom is 0.292 e. The number of rotatable bonds is 8. The number of carbonyl (C=O) groups is 1. The van der Waals surface area contributed by atoms with E-state index in [1.807, 2.05) is 24.3 Å². The summed E-state index contributed by atoms with van der Waals surface area (Å²) in [6.45, 7) is 0.664. The van der Waals surface area contributed by atoms with Crippen LogP contribution in [0.2, 0.25) is 5.02 Å². The van der Waals surface area contributed by atoms with Crippen LogP contribution < -0.4 is 14.8 Å². The number of carbonyl (C=O) groups excluding carboxylic acids is 1. The molecule has 0 aliphatic heterocycles. The number of nitrogens with one attached hydrogen (secondary N) is 1. The Kier molecular flexibility index (Phi) is 6.82. The van der Waals surface area contributed by atoms with Gasteiger partial charge in [0.05, 0.1) is 18.1 Å². The smallest absolute Gasteiger partial charge is 0.292 e. The lowest BCUT2D eigenvalue weighted by atomic mass is 10.2. The number of amides is 1. The van der Waals surface area contributed by atoms with Gasteiger partial charge in [0.1, 0.15) is 23.9 Å². The maximum absolute atomic E-state index is 12.6. The van der Waals surface area contributed by atoms with Gasteiger partial charge in [-0.2, -0.15) is 5.10 Å². The van der Waals surface area contributed by atoms with E-state index in [1.165, 1.54) is 0 Å². The Balaban J connectivity index is 1.36. The molecule has 0 fully saturated rings. The number of hydrogen-bond acceptors (Lipinski definition) is 5. The fourth-order valence-corrected chi connectivity index (χ4v) is 3.55. The molecule has 32 heavy (non-hydrogen) atoms. The average Bonchev–Trinajstić information content (AvgIpc) is 3.41. The van der Waals surface area contributed by atoms with Gasteiger partial charge in [-0.1, -0.05) is 29.8 Å². The predicted octanol–water partition coefficient (Wildman–Crippen LogP) is 5.78. The van der Waals surface area contributed by atoms with Crippen LogP contribution in [-0.2, 0) is 13.2 Å². The van der Waals surface area contributed by atoms with E-state index in [2.05, 4.69) is 26.3 Å². The van der Waals surface area contributed by atoms with Crippen LogP contribution in [0.15, 0.2) is 75.8 Å². The Hall–Kier alpha value is -3.23. The minimum atomic E-state index is -0.413. The van der Waals surface area contributed by atoms with Crippen molar-refractivity contribution in [2.45, 2.75) is 13.2 Å². The van der Waals surface area contributed by atoms with Crippen molar-refractivity contribution in [1.82, 2.24) is 9.78 Å². The molecule has 2 heterocycles. The number of nitrogens with zero attached hydrogens (tertiary/aromatic N) is 2. The molecule has 1 N–H and O–H groups in total. The zero-order chi connectivity index (χ0) is 22.5. The van der Waals surface area contributed by atoms with Crippen molar-refractivity contribution in [3.63, 3.8) is 0 Å². The summed E-state index contributed by atoms with van der Waals surface area (Å²) in [4.78, 5) is 12.6. The summed E-state index contributed by atoms with van der Waals surface area (Å²) in [7, 11) is 1.60. The Morgan fingerprint density at radius 3 is 2.62 bits per heavy atom. The van der Waals surface area contributed by atoms with E-state index in [9.17, 15) is 4.79 Å². The first-order valence-corrected chi connectivity index (χ1v) is 10.8. The first-order chi connectivity index (χ1) is 15.5. The number of methoxy groups -OCH3 is 1. The predicted molar refractivity (Wildman–Crippen MR) is 124 cm³/mol. The second-order valence-electron chi connectivity index (χ2n) is 6.80. The summed E-state index contributed by atoms with van der Waals surface area (Å²) in [5.74, 6) is 2.06. The maximum atomic E-state index is 12.6. The lowest BCUT2D eigenvalue weighted by Crippen LogP contribution is -2.12. The molecule has 4 aromatic rings. The molecule has 0 aliphatic carbocycles. The van der Waals surface area contributed by atoms with E-state index >= 15 is 0 Å². The Labute approximate surface area is 198 Å². The topological polar surface area (TPSA) is 78.5 Å². The molecule has 2 aromatic carbocycles. The van der Waals surface area contributed by atoms with Crippen LogP contribution in [-0.4, -0.2) is 22.8 Å². The van der Waals surface area contributed by atoms with Crippen LogP contribution in [0, 0.1) is 0 Å². The lowest BCUT2D eigenvalue weighted by Gasteiger charge is -2.05. The van der Waals surface area contributed by atoms with Gasteiger partial charge in [0, 0.05) is 11.2 Å². The first-order valence-electron chi connectivity index (χ1n) is 9.65. The van der Waals surface area contributed by atoms with Crippen molar-refractivity contribution < 1.29 is 18.7 Å². The van der Waals surface area contributed by atoms with Crippen molar-refractivity contribution in [3.8, 4) is 11.5 Å². The van der Waals surface area contributed by atoms with Crippen LogP contribution in [0.25, 0.3) is 0 Å². The molecule has 4 rings (SSSR count). The van der Waals surface area contributed by atoms with E-state index < -0.39 is 5.91 Å². The van der Waals surface area contributed by atoms with Gasteiger partial charge in [0.2, 0.25) is 0 Å². The minimum Gasteiger partial charge on any atom is -0.497 e. The number of aromatic nitrogens is 2. The summed E-state index contributed by atoms with van der Waals surface area (Å²) < 4.78 is 18.7. The molecule has 0 spiro atoms. The molecule has 1 amide bonds. The zero-order valence-electron chi connectivity index (χ0n) is 17.0. The summed E-state index contributed by atoms with van der Waals surface area (Å²) >= 11 is 9.64. The summed E-state index contributed by atoms with van der Waals surface area (Å²) in [6.07, 6.45) is 1.77. The van der Waals surface area contributed by atoms with Gasteiger partial charge < -0.3 is 19.2 Å². The lowest BCUT2D eigenvalue weighted by molar-refractivity contribution is 0.0992. The van der Waals surface area contributed by atoms with Gasteiger partial charge in [0.15, 0.2) is 11.6 Å². The van der Waals surface area contributed by atoms with Crippen molar-refractivity contribution >= 4 is 39.3 Å². The quantitative estimate of drug-likeness (QED) is 0.321. The van der Waals surface area contributed by atoms with Gasteiger partial charge in [-0.25, -0.2) is 0 Å². The molecule has 9 heteroatoms. The summed E-state index contributed by atoms with van der Waals surface area (Å²) in [5, 5.41) is 7.82. The monoisotopic (exact) mass is 515 g/mol. The Morgan fingerprint density at radius 2 is 1.88 bits per heavy atom. The second-order valence-corrected chi connectivity index (χ2v) is 8.06. The highest BCUT2D eigenvalue weighted by Crippen LogP contribution is 2.24. The molecule has 7 nitrogen and oxygen atoms in total. The highest BCUT2D eigenvalue weighted by atomic mass is 79.9. The average molecular weight is 517 g/mol. The van der Waals surface area contributed by atoms with E-state index in [-0.39, 0.29) is 12.4 Å². The number of ether oxygens (including phenoxy) is 2. The molecule has 0 saturated carbocycles. The third-order valence-electron chi connectivity index (χ3n) is 4.57. The first kappa shape index (κ1) is 22.0. The number of hydrogen-bond donors (Lipinski definition) is 1.